The average Bonchev–Trinajstić information content (AvgIpc) is 3.45. The van der Waals surface area contributed by atoms with Crippen molar-refractivity contribution in [1.29, 1.82) is 0 Å². The molecule has 5 rings (SSSR count). The van der Waals surface area contributed by atoms with E-state index in [-0.39, 0.29) is 12.8 Å². The number of morpholine rings is 1. The fourth-order valence-corrected chi connectivity index (χ4v) is 4.57. The van der Waals surface area contributed by atoms with Crippen LogP contribution in [0.2, 0.25) is 0 Å². The molecule has 9 heteroatoms. The standard InChI is InChI=1S/C24H28N4O5/c1-27-7-6-17-12-16(2-4-19(17)27)20(28-8-10-31-11-9-28)14-25-23(29)24(30)26-18-3-5-21-22(13-18)33-15-32-21/h2-5,12-13,20H,6-11,14-15H2,1H3,(H,25,29)(H,26,30)/t20-/m0/s1. The second kappa shape index (κ2) is 9.29. The number of hydrogen-bond donors (Lipinski definition) is 2. The lowest BCUT2D eigenvalue weighted by atomic mass is 10.0. The Kier molecular flexibility index (Phi) is 6.06. The van der Waals surface area contributed by atoms with E-state index < -0.39 is 11.8 Å². The van der Waals surface area contributed by atoms with Crippen LogP contribution in [0.25, 0.3) is 0 Å². The first-order valence-electron chi connectivity index (χ1n) is 11.2. The number of likely N-dealkylation sites (N-methyl/N-ethyl adjacent to an activating group) is 1. The molecule has 1 fully saturated rings. The first kappa shape index (κ1) is 21.5. The van der Waals surface area contributed by atoms with E-state index in [2.05, 4.69) is 45.7 Å². The molecule has 3 heterocycles. The van der Waals surface area contributed by atoms with Crippen molar-refractivity contribution in [3.05, 3.63) is 47.5 Å². The van der Waals surface area contributed by atoms with Gasteiger partial charge in [0.2, 0.25) is 6.79 Å². The zero-order valence-corrected chi connectivity index (χ0v) is 18.6. The fraction of sp³-hybridized carbons (Fsp3) is 0.417. The number of benzene rings is 2. The lowest BCUT2D eigenvalue weighted by Crippen LogP contribution is -2.45. The van der Waals surface area contributed by atoms with Crippen LogP contribution in [-0.4, -0.2) is 69.9 Å². The summed E-state index contributed by atoms with van der Waals surface area (Å²) in [5, 5.41) is 5.46. The fourth-order valence-electron chi connectivity index (χ4n) is 4.57. The molecule has 2 amide bonds. The van der Waals surface area contributed by atoms with Crippen molar-refractivity contribution in [3.63, 3.8) is 0 Å². The largest absolute Gasteiger partial charge is 0.454 e. The third-order valence-electron chi connectivity index (χ3n) is 6.40. The van der Waals surface area contributed by atoms with Crippen LogP contribution < -0.4 is 25.0 Å². The number of rotatable bonds is 5. The molecule has 0 aromatic heterocycles. The summed E-state index contributed by atoms with van der Waals surface area (Å²) in [6.45, 7) is 4.36. The smallest absolute Gasteiger partial charge is 0.313 e. The molecule has 3 aliphatic rings. The Bertz CT molecular complexity index is 1050. The van der Waals surface area contributed by atoms with Gasteiger partial charge in [0.25, 0.3) is 0 Å². The highest BCUT2D eigenvalue weighted by Gasteiger charge is 2.26. The molecule has 1 saturated heterocycles. The number of nitrogens with one attached hydrogen (secondary N) is 2. The maximum atomic E-state index is 12.6. The highest BCUT2D eigenvalue weighted by Crippen LogP contribution is 2.34. The van der Waals surface area contributed by atoms with E-state index in [4.69, 9.17) is 14.2 Å². The first-order chi connectivity index (χ1) is 16.1. The molecule has 174 valence electrons. The molecule has 2 N–H and O–H groups in total. The summed E-state index contributed by atoms with van der Waals surface area (Å²) in [5.74, 6) is -0.230. The molecular weight excluding hydrogens is 424 g/mol. The molecule has 0 spiro atoms. The minimum absolute atomic E-state index is 0.0348. The van der Waals surface area contributed by atoms with Crippen molar-refractivity contribution in [2.24, 2.45) is 0 Å². The van der Waals surface area contributed by atoms with E-state index in [1.807, 2.05) is 0 Å². The van der Waals surface area contributed by atoms with Crippen LogP contribution in [0.5, 0.6) is 11.5 Å². The van der Waals surface area contributed by atoms with Crippen LogP contribution in [-0.2, 0) is 20.7 Å². The van der Waals surface area contributed by atoms with Crippen LogP contribution in [0, 0.1) is 0 Å². The third kappa shape index (κ3) is 4.60. The van der Waals surface area contributed by atoms with E-state index in [9.17, 15) is 9.59 Å². The van der Waals surface area contributed by atoms with Gasteiger partial charge in [0.05, 0.1) is 19.3 Å². The van der Waals surface area contributed by atoms with Crippen molar-refractivity contribution in [2.75, 3.05) is 63.5 Å². The van der Waals surface area contributed by atoms with Gasteiger partial charge in [-0.25, -0.2) is 0 Å². The summed E-state index contributed by atoms with van der Waals surface area (Å²) >= 11 is 0. The van der Waals surface area contributed by atoms with E-state index >= 15 is 0 Å². The number of amides is 2. The van der Waals surface area contributed by atoms with E-state index in [1.165, 1.54) is 11.3 Å². The summed E-state index contributed by atoms with van der Waals surface area (Å²) < 4.78 is 16.1. The SMILES string of the molecule is CN1CCc2cc([C@H](CNC(=O)C(=O)Nc3ccc4c(c3)OCO4)N3CCOCC3)ccc21. The first-order valence-corrected chi connectivity index (χ1v) is 11.2. The van der Waals surface area contributed by atoms with Gasteiger partial charge in [-0.3, -0.25) is 14.5 Å². The van der Waals surface area contributed by atoms with Crippen molar-refractivity contribution < 1.29 is 23.8 Å². The number of hydrogen-bond acceptors (Lipinski definition) is 7. The highest BCUT2D eigenvalue weighted by molar-refractivity contribution is 6.39. The molecule has 33 heavy (non-hydrogen) atoms. The third-order valence-corrected chi connectivity index (χ3v) is 6.40. The lowest BCUT2D eigenvalue weighted by molar-refractivity contribution is -0.136. The Morgan fingerprint density at radius 1 is 1.00 bits per heavy atom. The van der Waals surface area contributed by atoms with Crippen molar-refractivity contribution >= 4 is 23.2 Å². The number of nitrogens with zero attached hydrogens (tertiary/aromatic N) is 2. The van der Waals surface area contributed by atoms with Crippen LogP contribution >= 0.6 is 0 Å². The number of anilines is 2. The molecule has 0 saturated carbocycles. The van der Waals surface area contributed by atoms with Crippen LogP contribution in [0.4, 0.5) is 11.4 Å². The average molecular weight is 453 g/mol. The molecule has 9 nitrogen and oxygen atoms in total. The Labute approximate surface area is 192 Å². The zero-order chi connectivity index (χ0) is 22.8. The zero-order valence-electron chi connectivity index (χ0n) is 18.6. The molecule has 2 aromatic carbocycles. The van der Waals surface area contributed by atoms with Gasteiger partial charge in [-0.2, -0.15) is 0 Å². The molecule has 0 bridgehead atoms. The predicted octanol–water partition coefficient (Wildman–Crippen LogP) is 1.54. The van der Waals surface area contributed by atoms with Gasteiger partial charge in [0.1, 0.15) is 0 Å². The topological polar surface area (TPSA) is 92.4 Å². The van der Waals surface area contributed by atoms with Gasteiger partial charge in [0, 0.05) is 50.7 Å². The minimum atomic E-state index is -0.717. The summed E-state index contributed by atoms with van der Waals surface area (Å²) in [7, 11) is 2.10. The summed E-state index contributed by atoms with van der Waals surface area (Å²) in [4.78, 5) is 29.7. The summed E-state index contributed by atoms with van der Waals surface area (Å²) in [5.41, 5.74) is 4.20. The molecule has 2 aromatic rings. The van der Waals surface area contributed by atoms with E-state index in [0.29, 0.717) is 36.9 Å². The second-order valence-electron chi connectivity index (χ2n) is 8.46. The lowest BCUT2D eigenvalue weighted by Gasteiger charge is -2.35. The molecule has 0 aliphatic carbocycles. The van der Waals surface area contributed by atoms with Gasteiger partial charge >= 0.3 is 11.8 Å². The van der Waals surface area contributed by atoms with E-state index in [0.717, 1.165) is 31.6 Å². The van der Waals surface area contributed by atoms with Crippen molar-refractivity contribution in [3.8, 4) is 11.5 Å². The quantitative estimate of drug-likeness (QED) is 0.665. The molecular formula is C24H28N4O5. The molecule has 0 unspecified atom stereocenters. The normalized spacial score (nSPS) is 18.0. The number of fused-ring (bicyclic) bond motifs is 2. The Morgan fingerprint density at radius 2 is 1.82 bits per heavy atom. The Morgan fingerprint density at radius 3 is 2.67 bits per heavy atom. The molecule has 3 aliphatic heterocycles. The van der Waals surface area contributed by atoms with Crippen LogP contribution in [0.1, 0.15) is 17.2 Å². The van der Waals surface area contributed by atoms with Gasteiger partial charge in [-0.1, -0.05) is 12.1 Å². The number of carbonyl (C=O) groups excluding carboxylic acids is 2. The maximum Gasteiger partial charge on any atom is 0.313 e. The molecule has 0 radical (unpaired) electrons. The number of ether oxygens (including phenoxy) is 3. The van der Waals surface area contributed by atoms with Gasteiger partial charge in [-0.15, -0.1) is 0 Å². The Balaban J connectivity index is 1.26. The van der Waals surface area contributed by atoms with Crippen molar-refractivity contribution in [2.45, 2.75) is 12.5 Å². The summed E-state index contributed by atoms with van der Waals surface area (Å²) in [6.07, 6.45) is 1.01. The number of carbonyl (C=O) groups is 2. The van der Waals surface area contributed by atoms with E-state index in [1.54, 1.807) is 18.2 Å². The maximum absolute atomic E-state index is 12.6. The second-order valence-corrected chi connectivity index (χ2v) is 8.46. The highest BCUT2D eigenvalue weighted by atomic mass is 16.7. The van der Waals surface area contributed by atoms with Gasteiger partial charge in [0.15, 0.2) is 11.5 Å². The Hall–Kier alpha value is -3.30. The van der Waals surface area contributed by atoms with Crippen LogP contribution in [0.15, 0.2) is 36.4 Å². The van der Waals surface area contributed by atoms with Gasteiger partial charge < -0.3 is 29.7 Å². The van der Waals surface area contributed by atoms with Gasteiger partial charge in [-0.05, 0) is 35.7 Å². The molecule has 1 atom stereocenters. The predicted molar refractivity (Wildman–Crippen MR) is 123 cm³/mol. The summed E-state index contributed by atoms with van der Waals surface area (Å²) in [6, 6.07) is 11.5. The van der Waals surface area contributed by atoms with Crippen molar-refractivity contribution in [1.82, 2.24) is 10.2 Å². The minimum Gasteiger partial charge on any atom is -0.454 e. The van der Waals surface area contributed by atoms with Crippen LogP contribution in [0.3, 0.4) is 0 Å². The monoisotopic (exact) mass is 452 g/mol.